The molecule has 0 aromatic heterocycles. The number of hydrogen-bond acceptors (Lipinski definition) is 3. The number of likely N-dealkylation sites (N-methyl/N-ethyl adjacent to an activating group) is 1. The first-order valence-corrected chi connectivity index (χ1v) is 5.76. The molecule has 2 rings (SSSR count). The highest BCUT2D eigenvalue weighted by molar-refractivity contribution is 6.31. The van der Waals surface area contributed by atoms with Gasteiger partial charge in [-0.1, -0.05) is 11.6 Å². The number of aromatic carboxylic acids is 1. The lowest BCUT2D eigenvalue weighted by Gasteiger charge is -2.39. The van der Waals surface area contributed by atoms with Gasteiger partial charge in [0.1, 0.15) is 11.2 Å². The zero-order valence-electron chi connectivity index (χ0n) is 10.3. The molecular formula is C12H13ClFNO3. The van der Waals surface area contributed by atoms with Crippen LogP contribution in [0.4, 0.5) is 10.1 Å². The molecule has 0 unspecified atom stereocenters. The van der Waals surface area contributed by atoms with Crippen LogP contribution in [0.15, 0.2) is 6.07 Å². The van der Waals surface area contributed by atoms with E-state index in [-0.39, 0.29) is 10.8 Å². The number of benzene rings is 1. The topological polar surface area (TPSA) is 49.8 Å². The minimum atomic E-state index is -1.39. The van der Waals surface area contributed by atoms with Crippen LogP contribution in [0.1, 0.15) is 24.2 Å². The van der Waals surface area contributed by atoms with Gasteiger partial charge in [-0.15, -0.1) is 0 Å². The second-order valence-corrected chi connectivity index (χ2v) is 5.33. The SMILES string of the molecule is CN1CC(C)(C)Oc2c1cc(Cl)c(F)c2C(=O)O. The van der Waals surface area contributed by atoms with Crippen LogP contribution in [0.2, 0.25) is 5.02 Å². The molecule has 0 fully saturated rings. The van der Waals surface area contributed by atoms with Gasteiger partial charge in [-0.2, -0.15) is 0 Å². The van der Waals surface area contributed by atoms with Crippen molar-refractivity contribution in [2.24, 2.45) is 0 Å². The van der Waals surface area contributed by atoms with E-state index in [4.69, 9.17) is 21.4 Å². The molecule has 0 saturated carbocycles. The lowest BCUT2D eigenvalue weighted by Crippen LogP contribution is -2.45. The number of carboxylic acids is 1. The summed E-state index contributed by atoms with van der Waals surface area (Å²) in [7, 11) is 1.78. The third kappa shape index (κ3) is 1.99. The molecule has 18 heavy (non-hydrogen) atoms. The van der Waals surface area contributed by atoms with Crippen LogP contribution in [0.25, 0.3) is 0 Å². The fraction of sp³-hybridized carbons (Fsp3) is 0.417. The minimum Gasteiger partial charge on any atom is -0.483 e. The first-order chi connectivity index (χ1) is 8.23. The largest absolute Gasteiger partial charge is 0.483 e. The maximum absolute atomic E-state index is 13.8. The van der Waals surface area contributed by atoms with E-state index < -0.39 is 23.0 Å². The van der Waals surface area contributed by atoms with Gasteiger partial charge in [0, 0.05) is 7.05 Å². The Morgan fingerprint density at radius 2 is 2.22 bits per heavy atom. The molecule has 1 N–H and O–H groups in total. The molecule has 1 aliphatic rings. The van der Waals surface area contributed by atoms with E-state index in [2.05, 4.69) is 0 Å². The Morgan fingerprint density at radius 1 is 1.61 bits per heavy atom. The highest BCUT2D eigenvalue weighted by atomic mass is 35.5. The van der Waals surface area contributed by atoms with Crippen LogP contribution in [-0.4, -0.2) is 30.3 Å². The number of nitrogens with zero attached hydrogens (tertiary/aromatic N) is 1. The van der Waals surface area contributed by atoms with E-state index in [9.17, 15) is 9.18 Å². The molecule has 1 aromatic rings. The zero-order valence-corrected chi connectivity index (χ0v) is 11.0. The standard InChI is InChI=1S/C12H13ClFNO3/c1-12(2)5-15(3)7-4-6(13)9(14)8(11(16)17)10(7)18-12/h4H,5H2,1-3H3,(H,16,17). The van der Waals surface area contributed by atoms with E-state index in [1.54, 1.807) is 11.9 Å². The lowest BCUT2D eigenvalue weighted by molar-refractivity contribution is 0.0664. The van der Waals surface area contributed by atoms with Crippen molar-refractivity contribution in [3.8, 4) is 5.75 Å². The summed E-state index contributed by atoms with van der Waals surface area (Å²) in [6, 6.07) is 1.38. The summed E-state index contributed by atoms with van der Waals surface area (Å²) in [6.07, 6.45) is 0. The van der Waals surface area contributed by atoms with Crippen molar-refractivity contribution in [3.63, 3.8) is 0 Å². The van der Waals surface area contributed by atoms with Gasteiger partial charge in [0.15, 0.2) is 11.6 Å². The van der Waals surface area contributed by atoms with E-state index in [0.29, 0.717) is 12.2 Å². The van der Waals surface area contributed by atoms with Crippen molar-refractivity contribution in [2.75, 3.05) is 18.5 Å². The molecule has 1 aromatic carbocycles. The monoisotopic (exact) mass is 273 g/mol. The molecule has 0 aliphatic carbocycles. The van der Waals surface area contributed by atoms with Crippen molar-refractivity contribution >= 4 is 23.3 Å². The Bertz CT molecular complexity index is 531. The molecule has 98 valence electrons. The van der Waals surface area contributed by atoms with E-state index >= 15 is 0 Å². The van der Waals surface area contributed by atoms with E-state index in [0.717, 1.165) is 0 Å². The second-order valence-electron chi connectivity index (χ2n) is 4.92. The summed E-state index contributed by atoms with van der Waals surface area (Å²) < 4.78 is 19.4. The Kier molecular flexibility index (Phi) is 2.89. The van der Waals surface area contributed by atoms with Crippen molar-refractivity contribution in [3.05, 3.63) is 22.5 Å². The third-order valence-corrected chi connectivity index (χ3v) is 3.05. The summed E-state index contributed by atoms with van der Waals surface area (Å²) in [5.74, 6) is -2.32. The highest BCUT2D eigenvalue weighted by Gasteiger charge is 2.35. The highest BCUT2D eigenvalue weighted by Crippen LogP contribution is 2.42. The number of carboxylic acid groups (broad SMARTS) is 1. The fourth-order valence-electron chi connectivity index (χ4n) is 2.14. The molecule has 0 saturated heterocycles. The molecule has 0 radical (unpaired) electrons. The van der Waals surface area contributed by atoms with Crippen LogP contribution in [-0.2, 0) is 0 Å². The van der Waals surface area contributed by atoms with Crippen molar-refractivity contribution in [2.45, 2.75) is 19.4 Å². The molecule has 0 amide bonds. The Morgan fingerprint density at radius 3 is 2.78 bits per heavy atom. The first kappa shape index (κ1) is 13.0. The lowest BCUT2D eigenvalue weighted by atomic mass is 10.0. The average Bonchev–Trinajstić information content (AvgIpc) is 2.19. The molecule has 4 nitrogen and oxygen atoms in total. The number of carbonyl (C=O) groups is 1. The van der Waals surface area contributed by atoms with Gasteiger partial charge in [0.2, 0.25) is 0 Å². The van der Waals surface area contributed by atoms with E-state index in [1.807, 2.05) is 13.8 Å². The van der Waals surface area contributed by atoms with Gasteiger partial charge in [-0.25, -0.2) is 9.18 Å². The van der Waals surface area contributed by atoms with Crippen molar-refractivity contribution in [1.29, 1.82) is 0 Å². The number of halogens is 2. The third-order valence-electron chi connectivity index (χ3n) is 2.77. The van der Waals surface area contributed by atoms with Gasteiger partial charge >= 0.3 is 5.97 Å². The Balaban J connectivity index is 2.72. The molecule has 1 aliphatic heterocycles. The number of rotatable bonds is 1. The van der Waals surface area contributed by atoms with Gasteiger partial charge in [0.25, 0.3) is 0 Å². The summed E-state index contributed by atoms with van der Waals surface area (Å²) in [6.45, 7) is 4.18. The van der Waals surface area contributed by atoms with E-state index in [1.165, 1.54) is 6.07 Å². The first-order valence-electron chi connectivity index (χ1n) is 5.38. The zero-order chi connectivity index (χ0) is 13.7. The smallest absolute Gasteiger partial charge is 0.342 e. The number of anilines is 1. The molecule has 6 heteroatoms. The summed E-state index contributed by atoms with van der Waals surface area (Å²) >= 11 is 5.71. The summed E-state index contributed by atoms with van der Waals surface area (Å²) in [5, 5.41) is 8.88. The van der Waals surface area contributed by atoms with Crippen LogP contribution < -0.4 is 9.64 Å². The second kappa shape index (κ2) is 4.02. The fourth-order valence-corrected chi connectivity index (χ4v) is 2.34. The quantitative estimate of drug-likeness (QED) is 0.855. The summed E-state index contributed by atoms with van der Waals surface area (Å²) in [4.78, 5) is 13.0. The summed E-state index contributed by atoms with van der Waals surface area (Å²) in [5.41, 5.74) is -0.623. The minimum absolute atomic E-state index is 0.0307. The van der Waals surface area contributed by atoms with Gasteiger partial charge in [0.05, 0.1) is 17.3 Å². The van der Waals surface area contributed by atoms with Crippen LogP contribution in [0.5, 0.6) is 5.75 Å². The van der Waals surface area contributed by atoms with Crippen LogP contribution in [0, 0.1) is 5.82 Å². The van der Waals surface area contributed by atoms with Gasteiger partial charge in [-0.3, -0.25) is 0 Å². The maximum Gasteiger partial charge on any atom is 0.342 e. The number of hydrogen-bond donors (Lipinski definition) is 1. The van der Waals surface area contributed by atoms with Crippen LogP contribution in [0.3, 0.4) is 0 Å². The van der Waals surface area contributed by atoms with Crippen molar-refractivity contribution in [1.82, 2.24) is 0 Å². The normalized spacial score (nSPS) is 17.1. The maximum atomic E-state index is 13.8. The Labute approximate surface area is 109 Å². The average molecular weight is 274 g/mol. The molecule has 0 spiro atoms. The molecule has 1 heterocycles. The van der Waals surface area contributed by atoms with Gasteiger partial charge in [-0.05, 0) is 19.9 Å². The molecular weight excluding hydrogens is 261 g/mol. The van der Waals surface area contributed by atoms with Gasteiger partial charge < -0.3 is 14.7 Å². The Hall–Kier alpha value is -1.49. The molecule has 0 bridgehead atoms. The predicted octanol–water partition coefficient (Wildman–Crippen LogP) is 2.78. The molecule has 0 atom stereocenters. The predicted molar refractivity (Wildman–Crippen MR) is 66.3 cm³/mol. The van der Waals surface area contributed by atoms with Crippen LogP contribution >= 0.6 is 11.6 Å². The number of ether oxygens (including phenoxy) is 1. The number of fused-ring (bicyclic) bond motifs is 1. The van der Waals surface area contributed by atoms with Crippen molar-refractivity contribution < 1.29 is 19.0 Å².